The summed E-state index contributed by atoms with van der Waals surface area (Å²) >= 11 is 0. The molecule has 1 aliphatic rings. The van der Waals surface area contributed by atoms with Crippen molar-refractivity contribution in [2.24, 2.45) is 4.40 Å². The highest BCUT2D eigenvalue weighted by molar-refractivity contribution is 8.23. The third-order valence-electron chi connectivity index (χ3n) is 4.20. The summed E-state index contributed by atoms with van der Waals surface area (Å²) in [4.78, 5) is 17.5. The molecule has 138 valence electrons. The van der Waals surface area contributed by atoms with E-state index < -0.39 is 16.3 Å². The molecule has 3 aromatic rings. The fourth-order valence-electron chi connectivity index (χ4n) is 3.02. The van der Waals surface area contributed by atoms with Gasteiger partial charge in [0.25, 0.3) is 5.56 Å². The van der Waals surface area contributed by atoms with Crippen LogP contribution in [-0.2, 0) is 6.54 Å². The summed E-state index contributed by atoms with van der Waals surface area (Å²) in [6.07, 6.45) is 3.05. The molecular weight excluding hydrogens is 368 g/mol. The van der Waals surface area contributed by atoms with Crippen LogP contribution in [0.1, 0.15) is 5.56 Å². The summed E-state index contributed by atoms with van der Waals surface area (Å²) in [7, 11) is -3.52. The smallest absolute Gasteiger partial charge is 0.267 e. The number of rotatable bonds is 3. The second kappa shape index (κ2) is 6.23. The van der Waals surface area contributed by atoms with Crippen LogP contribution in [0.2, 0.25) is 0 Å². The van der Waals surface area contributed by atoms with Gasteiger partial charge in [-0.1, -0.05) is 29.0 Å². The lowest BCUT2D eigenvalue weighted by Crippen LogP contribution is -2.32. The minimum atomic E-state index is -3.52. The van der Waals surface area contributed by atoms with Crippen molar-refractivity contribution in [3.63, 3.8) is 0 Å². The SMILES string of the molecule is C=CCn1c(=O)c(C2=NS(O)(O)c3ccccc3N2)c(O)c2cccnc21. The fourth-order valence-corrected chi connectivity index (χ4v) is 4.18. The van der Waals surface area contributed by atoms with Gasteiger partial charge in [-0.05, 0) is 24.3 Å². The van der Waals surface area contributed by atoms with Gasteiger partial charge in [-0.3, -0.25) is 18.5 Å². The Labute approximate surface area is 155 Å². The highest BCUT2D eigenvalue weighted by Gasteiger charge is 2.30. The molecule has 0 unspecified atom stereocenters. The van der Waals surface area contributed by atoms with E-state index in [0.29, 0.717) is 16.7 Å². The molecule has 0 saturated heterocycles. The predicted octanol–water partition coefficient (Wildman–Crippen LogP) is 3.18. The quantitative estimate of drug-likeness (QED) is 0.515. The Morgan fingerprint density at radius 3 is 2.78 bits per heavy atom. The van der Waals surface area contributed by atoms with Crippen molar-refractivity contribution in [1.29, 1.82) is 0 Å². The molecule has 2 aromatic heterocycles. The van der Waals surface area contributed by atoms with Gasteiger partial charge in [-0.25, -0.2) is 4.98 Å². The van der Waals surface area contributed by atoms with Crippen LogP contribution in [0.25, 0.3) is 11.0 Å². The Balaban J connectivity index is 2.02. The standard InChI is InChI=1S/C18H16N4O4S/c1-2-10-22-17-11(6-5-9-19-17)15(23)14(18(22)24)16-20-12-7-3-4-8-13(12)27(25,26)21-16/h2-9,23,25-26H,1,10H2,(H,20,21). The number of anilines is 1. The Morgan fingerprint density at radius 2 is 2.00 bits per heavy atom. The molecule has 9 heteroatoms. The van der Waals surface area contributed by atoms with Crippen LogP contribution in [0.15, 0.2) is 69.3 Å². The van der Waals surface area contributed by atoms with Gasteiger partial charge in [0.15, 0.2) is 5.84 Å². The second-order valence-corrected chi connectivity index (χ2v) is 7.54. The van der Waals surface area contributed by atoms with Crippen molar-refractivity contribution in [3.8, 4) is 5.75 Å². The van der Waals surface area contributed by atoms with Crippen molar-refractivity contribution in [1.82, 2.24) is 9.55 Å². The summed E-state index contributed by atoms with van der Waals surface area (Å²) in [5.41, 5.74) is -0.0267. The van der Waals surface area contributed by atoms with Crippen molar-refractivity contribution >= 4 is 33.3 Å². The van der Waals surface area contributed by atoms with Crippen molar-refractivity contribution < 1.29 is 14.2 Å². The van der Waals surface area contributed by atoms with Gasteiger partial charge in [0, 0.05) is 12.7 Å². The summed E-state index contributed by atoms with van der Waals surface area (Å²) in [5.74, 6) is -0.441. The Bertz CT molecular complexity index is 1170. The lowest BCUT2D eigenvalue weighted by molar-refractivity contribution is 0.477. The molecule has 4 N–H and O–H groups in total. The average molecular weight is 384 g/mol. The van der Waals surface area contributed by atoms with Crippen LogP contribution in [0.4, 0.5) is 5.69 Å². The molecule has 0 radical (unpaired) electrons. The van der Waals surface area contributed by atoms with Gasteiger partial charge in [-0.15, -0.1) is 11.0 Å². The molecule has 3 heterocycles. The molecule has 27 heavy (non-hydrogen) atoms. The Kier molecular flexibility index (Phi) is 3.99. The first-order valence-electron chi connectivity index (χ1n) is 8.00. The maximum Gasteiger partial charge on any atom is 0.267 e. The minimum Gasteiger partial charge on any atom is -0.506 e. The number of nitrogens with one attached hydrogen (secondary N) is 1. The van der Waals surface area contributed by atoms with Crippen LogP contribution in [0.5, 0.6) is 5.75 Å². The molecule has 0 aliphatic carbocycles. The number of hydrogen-bond acceptors (Lipinski definition) is 7. The van der Waals surface area contributed by atoms with Crippen LogP contribution >= 0.6 is 10.8 Å². The lowest BCUT2D eigenvalue weighted by Gasteiger charge is -2.34. The Hall–Kier alpha value is -3.14. The summed E-state index contributed by atoms with van der Waals surface area (Å²) < 4.78 is 26.1. The maximum absolute atomic E-state index is 13.1. The number of aromatic hydroxyl groups is 1. The first kappa shape index (κ1) is 17.3. The van der Waals surface area contributed by atoms with Crippen LogP contribution in [0.3, 0.4) is 0 Å². The van der Waals surface area contributed by atoms with E-state index in [1.807, 2.05) is 0 Å². The van der Waals surface area contributed by atoms with Gasteiger partial charge in [0.05, 0.1) is 11.1 Å². The minimum absolute atomic E-state index is 0.111. The molecule has 1 aromatic carbocycles. The van der Waals surface area contributed by atoms with Crippen molar-refractivity contribution in [2.75, 3.05) is 5.32 Å². The number of fused-ring (bicyclic) bond motifs is 2. The molecule has 0 saturated carbocycles. The summed E-state index contributed by atoms with van der Waals surface area (Å²) in [6.45, 7) is 3.82. The third-order valence-corrected chi connectivity index (χ3v) is 5.58. The van der Waals surface area contributed by atoms with Crippen molar-refractivity contribution in [3.05, 3.63) is 71.2 Å². The van der Waals surface area contributed by atoms with Gasteiger partial charge in [0.2, 0.25) is 0 Å². The lowest BCUT2D eigenvalue weighted by atomic mass is 10.1. The first-order valence-corrected chi connectivity index (χ1v) is 9.50. The number of benzene rings is 1. The number of nitrogens with zero attached hydrogens (tertiary/aromatic N) is 3. The highest BCUT2D eigenvalue weighted by atomic mass is 32.3. The summed E-state index contributed by atoms with van der Waals surface area (Å²) in [6, 6.07) is 9.80. The molecule has 0 spiro atoms. The number of amidine groups is 1. The third kappa shape index (κ3) is 2.69. The maximum atomic E-state index is 13.1. The van der Waals surface area contributed by atoms with Gasteiger partial charge >= 0.3 is 0 Å². The monoisotopic (exact) mass is 384 g/mol. The number of allylic oxidation sites excluding steroid dienone is 1. The normalized spacial score (nSPS) is 16.1. The van der Waals surface area contributed by atoms with E-state index in [4.69, 9.17) is 0 Å². The largest absolute Gasteiger partial charge is 0.506 e. The zero-order valence-corrected chi connectivity index (χ0v) is 14.8. The number of aromatic nitrogens is 2. The fraction of sp³-hybridized carbons (Fsp3) is 0.0556. The molecule has 0 amide bonds. The number of pyridine rings is 2. The van der Waals surface area contributed by atoms with E-state index in [9.17, 15) is 19.0 Å². The van der Waals surface area contributed by atoms with E-state index in [0.717, 1.165) is 0 Å². The van der Waals surface area contributed by atoms with Crippen LogP contribution in [-0.4, -0.2) is 29.6 Å². The van der Waals surface area contributed by atoms with E-state index in [1.165, 1.54) is 22.9 Å². The van der Waals surface area contributed by atoms with E-state index in [2.05, 4.69) is 21.3 Å². The average Bonchev–Trinajstić information content (AvgIpc) is 2.65. The number of hydrogen-bond donors (Lipinski definition) is 4. The topological polar surface area (TPSA) is 120 Å². The van der Waals surface area contributed by atoms with E-state index in [1.54, 1.807) is 30.3 Å². The molecular formula is C18H16N4O4S. The molecule has 4 rings (SSSR count). The predicted molar refractivity (Wildman–Crippen MR) is 106 cm³/mol. The summed E-state index contributed by atoms with van der Waals surface area (Å²) in [5, 5.41) is 14.0. The zero-order valence-electron chi connectivity index (χ0n) is 14.0. The second-order valence-electron chi connectivity index (χ2n) is 5.88. The van der Waals surface area contributed by atoms with Crippen LogP contribution in [0, 0.1) is 0 Å². The van der Waals surface area contributed by atoms with E-state index in [-0.39, 0.29) is 28.6 Å². The molecule has 1 aliphatic heterocycles. The van der Waals surface area contributed by atoms with Crippen LogP contribution < -0.4 is 10.9 Å². The first-order chi connectivity index (χ1) is 12.9. The zero-order chi connectivity index (χ0) is 19.2. The molecule has 0 atom stereocenters. The molecule has 8 nitrogen and oxygen atoms in total. The Morgan fingerprint density at radius 1 is 1.22 bits per heavy atom. The molecule has 0 bridgehead atoms. The van der Waals surface area contributed by atoms with Crippen molar-refractivity contribution in [2.45, 2.75) is 11.4 Å². The molecule has 0 fully saturated rings. The van der Waals surface area contributed by atoms with Gasteiger partial charge < -0.3 is 10.4 Å². The van der Waals surface area contributed by atoms with Gasteiger partial charge in [0.1, 0.15) is 21.9 Å². The van der Waals surface area contributed by atoms with Gasteiger partial charge in [-0.2, -0.15) is 0 Å². The van der Waals surface area contributed by atoms with E-state index >= 15 is 0 Å². The highest BCUT2D eigenvalue weighted by Crippen LogP contribution is 2.55. The number of para-hydroxylation sites is 1.